The number of para-hydroxylation sites is 3. The number of carboxylic acids is 1. The number of aromatic carboxylic acids is 1. The highest BCUT2D eigenvalue weighted by atomic mass is 16.5. The minimum atomic E-state index is -1.11. The van der Waals surface area contributed by atoms with Gasteiger partial charge in [0.25, 0.3) is 0 Å². The molecule has 2 aliphatic carbocycles. The van der Waals surface area contributed by atoms with Gasteiger partial charge in [-0.2, -0.15) is 0 Å². The van der Waals surface area contributed by atoms with E-state index in [0.29, 0.717) is 11.2 Å². The summed E-state index contributed by atoms with van der Waals surface area (Å²) in [5.74, 6) is -0.308. The van der Waals surface area contributed by atoms with Crippen LogP contribution in [-0.2, 0) is 29.5 Å². The zero-order valence-electron chi connectivity index (χ0n) is 31.8. The minimum absolute atomic E-state index is 0.0160. The van der Waals surface area contributed by atoms with E-state index in [4.69, 9.17) is 5.11 Å². The quantitative estimate of drug-likeness (QED) is 0.152. The molecule has 53 heavy (non-hydrogen) atoms. The fraction of sp³-hybridized carbons (Fsp3) is 0.422. The molecule has 1 saturated heterocycles. The molecule has 2 heterocycles. The van der Waals surface area contributed by atoms with Crippen LogP contribution in [0.4, 0.5) is 11.4 Å². The first-order valence-electron chi connectivity index (χ1n) is 19.2. The Bertz CT molecular complexity index is 1840. The fourth-order valence-electron chi connectivity index (χ4n) is 9.23. The number of hydrogen-bond acceptors (Lipinski definition) is 7. The van der Waals surface area contributed by atoms with E-state index in [0.717, 1.165) is 37.9 Å². The number of likely N-dealkylation sites (tertiary alicyclic amines) is 1. The summed E-state index contributed by atoms with van der Waals surface area (Å²) in [6.07, 6.45) is 11.4. The van der Waals surface area contributed by atoms with Gasteiger partial charge in [0, 0.05) is 36.3 Å². The third kappa shape index (κ3) is 8.61. The van der Waals surface area contributed by atoms with Crippen molar-refractivity contribution in [3.05, 3.63) is 119 Å². The smallest absolute Gasteiger partial charge is 0.339 e. The molecule has 4 aromatic carbocycles. The number of carboxylic acid groups (broad SMARTS) is 1. The molecule has 280 valence electrons. The predicted molar refractivity (Wildman–Crippen MR) is 212 cm³/mol. The lowest BCUT2D eigenvalue weighted by Crippen LogP contribution is -2.59. The number of phenolic OH excluding ortho intramolecular Hbond substituents is 1. The monoisotopic (exact) mass is 717 g/mol. The van der Waals surface area contributed by atoms with E-state index in [1.165, 1.54) is 104 Å². The van der Waals surface area contributed by atoms with Crippen molar-refractivity contribution in [2.75, 3.05) is 45.7 Å². The molecule has 2 aliphatic heterocycles. The second-order valence-corrected chi connectivity index (χ2v) is 15.3. The van der Waals surface area contributed by atoms with Gasteiger partial charge in [-0.25, -0.2) is 4.79 Å². The Hall–Kier alpha value is -4.66. The number of fused-ring (bicyclic) bond motifs is 3. The number of carbonyl (C=O) groups excluding carboxylic acids is 1. The number of piperidine rings is 1. The molecule has 4 aromatic rings. The molecule has 0 radical (unpaired) electrons. The average Bonchev–Trinajstić information content (AvgIpc) is 3.30. The summed E-state index contributed by atoms with van der Waals surface area (Å²) < 4.78 is 4.69. The van der Waals surface area contributed by atoms with Gasteiger partial charge in [-0.05, 0) is 144 Å². The van der Waals surface area contributed by atoms with Crippen molar-refractivity contribution < 1.29 is 24.5 Å². The first-order valence-corrected chi connectivity index (χ1v) is 19.2. The standard InChI is InChI=1S/C19H24N2.C17H23NO.C9H8O4/c1-20(2)14-7-15-21-18-10-5-3-8-16(18)12-13-17-9-4-6-11-19(17)21;1-18-9-8-17-7-3-2-4-14(17)16(18)10-12-5-6-13(19)11-15(12)17;1-6(10)13-8-5-3-2-4-7(8)9(11)12/h3-6,8-11H,7,12-15H2,1-2H3;5-6,11,14,16,19H,2-4,7-10H2,1H3;2-5H,1H3,(H,11,12)/t;14-,16+,17+;/m.1./s1. The van der Waals surface area contributed by atoms with E-state index in [9.17, 15) is 14.7 Å². The first-order chi connectivity index (χ1) is 25.6. The van der Waals surface area contributed by atoms with Crippen LogP contribution in [0.3, 0.4) is 0 Å². The maximum atomic E-state index is 10.6. The second kappa shape index (κ2) is 17.0. The number of anilines is 2. The summed E-state index contributed by atoms with van der Waals surface area (Å²) in [6, 6.07) is 30.6. The molecular formula is C45H55N3O5. The molecule has 0 unspecified atom stereocenters. The highest BCUT2D eigenvalue weighted by molar-refractivity contribution is 5.91. The van der Waals surface area contributed by atoms with Crippen LogP contribution >= 0.6 is 0 Å². The zero-order valence-corrected chi connectivity index (χ0v) is 31.8. The van der Waals surface area contributed by atoms with Gasteiger partial charge in [-0.3, -0.25) is 4.79 Å². The maximum Gasteiger partial charge on any atom is 0.339 e. The van der Waals surface area contributed by atoms with Crippen LogP contribution in [0, 0.1) is 5.92 Å². The number of aromatic hydroxyl groups is 1. The Balaban J connectivity index is 0.000000140. The zero-order chi connectivity index (χ0) is 37.5. The molecule has 8 nitrogen and oxygen atoms in total. The number of phenols is 1. The Morgan fingerprint density at radius 3 is 2.19 bits per heavy atom. The van der Waals surface area contributed by atoms with Crippen LogP contribution in [0.2, 0.25) is 0 Å². The summed E-state index contributed by atoms with van der Waals surface area (Å²) in [6.45, 7) is 4.64. The first kappa shape index (κ1) is 38.1. The van der Waals surface area contributed by atoms with Crippen LogP contribution in [0.5, 0.6) is 11.5 Å². The summed E-state index contributed by atoms with van der Waals surface area (Å²) in [4.78, 5) is 28.5. The van der Waals surface area contributed by atoms with Gasteiger partial charge in [0.05, 0.1) is 0 Å². The van der Waals surface area contributed by atoms with Crippen LogP contribution in [0.1, 0.15) is 78.1 Å². The lowest BCUT2D eigenvalue weighted by molar-refractivity contribution is -0.131. The van der Waals surface area contributed by atoms with Gasteiger partial charge in [0.15, 0.2) is 0 Å². The van der Waals surface area contributed by atoms with Crippen molar-refractivity contribution in [1.82, 2.24) is 9.80 Å². The van der Waals surface area contributed by atoms with Gasteiger partial charge in [0.2, 0.25) is 0 Å². The third-order valence-corrected chi connectivity index (χ3v) is 11.7. The SMILES string of the molecule is CC(=O)Oc1ccccc1C(=O)O.CN(C)CCCN1c2ccccc2CCc2ccccc21.CN1CC[C@@]23CCCC[C@@H]2[C@@H]1Cc1ccc(O)cc13. The van der Waals surface area contributed by atoms with Crippen molar-refractivity contribution in [2.45, 2.75) is 76.2 Å². The topological polar surface area (TPSA) is 93.5 Å². The van der Waals surface area contributed by atoms with Gasteiger partial charge >= 0.3 is 11.9 Å². The molecule has 2 N–H and O–H groups in total. The van der Waals surface area contributed by atoms with Crippen LogP contribution in [0.15, 0.2) is 91.0 Å². The summed E-state index contributed by atoms with van der Waals surface area (Å²) in [5.41, 5.74) is 9.06. The third-order valence-electron chi connectivity index (χ3n) is 11.7. The van der Waals surface area contributed by atoms with Gasteiger partial charge in [-0.15, -0.1) is 0 Å². The van der Waals surface area contributed by atoms with Crippen molar-refractivity contribution in [1.29, 1.82) is 0 Å². The number of carbonyl (C=O) groups is 2. The maximum absolute atomic E-state index is 10.6. The normalized spacial score (nSPS) is 21.2. The fourth-order valence-corrected chi connectivity index (χ4v) is 9.23. The lowest BCUT2D eigenvalue weighted by Gasteiger charge is -2.58. The summed E-state index contributed by atoms with van der Waals surface area (Å²) in [7, 11) is 6.59. The predicted octanol–water partition coefficient (Wildman–Crippen LogP) is 8.27. The van der Waals surface area contributed by atoms with E-state index in [1.54, 1.807) is 12.1 Å². The molecular weight excluding hydrogens is 663 g/mol. The second-order valence-electron chi connectivity index (χ2n) is 15.3. The molecule has 0 spiro atoms. The van der Waals surface area contributed by atoms with Gasteiger partial charge in [0.1, 0.15) is 17.1 Å². The van der Waals surface area contributed by atoms with Crippen LogP contribution in [0.25, 0.3) is 0 Å². The van der Waals surface area contributed by atoms with Crippen molar-refractivity contribution in [3.63, 3.8) is 0 Å². The molecule has 2 bridgehead atoms. The largest absolute Gasteiger partial charge is 0.508 e. The molecule has 4 aliphatic rings. The van der Waals surface area contributed by atoms with Crippen molar-refractivity contribution in [2.24, 2.45) is 5.92 Å². The molecule has 8 rings (SSSR count). The number of likely N-dealkylation sites (N-methyl/N-ethyl adjacent to an activating group) is 1. The molecule has 1 saturated carbocycles. The number of aryl methyl sites for hydroxylation is 2. The highest BCUT2D eigenvalue weighted by Gasteiger charge is 2.53. The number of hydrogen-bond donors (Lipinski definition) is 2. The number of ether oxygens (including phenoxy) is 1. The molecule has 8 heteroatoms. The Kier molecular flexibility index (Phi) is 12.2. The van der Waals surface area contributed by atoms with E-state index in [2.05, 4.69) is 101 Å². The molecule has 0 amide bonds. The molecule has 3 atom stereocenters. The summed E-state index contributed by atoms with van der Waals surface area (Å²) in [5, 5.41) is 18.6. The van der Waals surface area contributed by atoms with E-state index in [1.807, 2.05) is 6.07 Å². The van der Waals surface area contributed by atoms with Gasteiger partial charge in [-0.1, -0.05) is 67.4 Å². The summed E-state index contributed by atoms with van der Waals surface area (Å²) >= 11 is 0. The van der Waals surface area contributed by atoms with Crippen molar-refractivity contribution in [3.8, 4) is 11.5 Å². The van der Waals surface area contributed by atoms with Crippen LogP contribution in [-0.4, -0.2) is 78.8 Å². The van der Waals surface area contributed by atoms with E-state index in [-0.39, 0.29) is 11.3 Å². The van der Waals surface area contributed by atoms with Gasteiger partial charge < -0.3 is 29.6 Å². The van der Waals surface area contributed by atoms with E-state index >= 15 is 0 Å². The number of benzene rings is 4. The molecule has 2 fully saturated rings. The Labute approximate surface area is 315 Å². The number of esters is 1. The number of rotatable bonds is 6. The van der Waals surface area contributed by atoms with Crippen molar-refractivity contribution >= 4 is 23.3 Å². The van der Waals surface area contributed by atoms with Crippen LogP contribution < -0.4 is 9.64 Å². The minimum Gasteiger partial charge on any atom is -0.508 e. The highest BCUT2D eigenvalue weighted by Crippen LogP contribution is 2.55. The van der Waals surface area contributed by atoms with E-state index < -0.39 is 11.9 Å². The Morgan fingerprint density at radius 1 is 0.868 bits per heavy atom. The number of nitrogens with zero attached hydrogens (tertiary/aromatic N) is 3. The lowest BCUT2D eigenvalue weighted by atomic mass is 9.52. The molecule has 0 aromatic heterocycles. The Morgan fingerprint density at radius 2 is 1.53 bits per heavy atom. The average molecular weight is 718 g/mol.